The van der Waals surface area contributed by atoms with Crippen LogP contribution in [0.3, 0.4) is 0 Å². The van der Waals surface area contributed by atoms with Gasteiger partial charge in [-0.2, -0.15) is 13.2 Å². The highest BCUT2D eigenvalue weighted by Crippen LogP contribution is 2.41. The summed E-state index contributed by atoms with van der Waals surface area (Å²) in [5.74, 6) is -0.333. The number of hydrogen-bond acceptors (Lipinski definition) is 2. The zero-order valence-electron chi connectivity index (χ0n) is 24.3. The van der Waals surface area contributed by atoms with Gasteiger partial charge in [-0.3, -0.25) is 0 Å². The summed E-state index contributed by atoms with van der Waals surface area (Å²) >= 11 is 0. The first kappa shape index (κ1) is 34.8. The van der Waals surface area contributed by atoms with E-state index in [2.05, 4.69) is 19.9 Å². The van der Waals surface area contributed by atoms with Gasteiger partial charge in [0.1, 0.15) is 11.8 Å². The van der Waals surface area contributed by atoms with Gasteiger partial charge in [0.05, 0.1) is 31.3 Å². The number of allylic oxidation sites excluding steroid dienone is 3. The average molecular weight is 526 g/mol. The van der Waals surface area contributed by atoms with Crippen LogP contribution >= 0.6 is 0 Å². The number of phenolic OH excluding ortho intramolecular Hbond substituents is 1. The average Bonchev–Trinajstić information content (AvgIpc) is 2.84. The molecule has 1 aliphatic heterocycles. The van der Waals surface area contributed by atoms with Crippen LogP contribution < -0.4 is 5.73 Å². The molecule has 212 valence electrons. The van der Waals surface area contributed by atoms with Gasteiger partial charge in [-0.05, 0) is 43.7 Å². The third-order valence-electron chi connectivity index (χ3n) is 6.55. The third kappa shape index (κ3) is 12.7. The summed E-state index contributed by atoms with van der Waals surface area (Å²) < 4.78 is 39.3. The maximum absolute atomic E-state index is 12.9. The number of alkyl halides is 3. The summed E-state index contributed by atoms with van der Waals surface area (Å²) in [7, 11) is 2.04. The third-order valence-corrected chi connectivity index (χ3v) is 6.55. The Kier molecular flexibility index (Phi) is 17.0. The number of nitrogens with two attached hydrogens (primary N) is 1. The highest BCUT2D eigenvalue weighted by atomic mass is 19.4. The minimum absolute atomic E-state index is 0.266. The Morgan fingerprint density at radius 1 is 1.08 bits per heavy atom. The smallest absolute Gasteiger partial charge is 0.416 e. The number of aromatic hydroxyl groups is 1. The van der Waals surface area contributed by atoms with E-state index >= 15 is 0 Å². The minimum Gasteiger partial charge on any atom is -0.507 e. The quantitative estimate of drug-likeness (QED) is 0.249. The highest BCUT2D eigenvalue weighted by Gasteiger charge is 2.38. The molecular formula is C31H52F3N2O+. The second kappa shape index (κ2) is 18.1. The topological polar surface area (TPSA) is 46.2 Å². The molecule has 2 atom stereocenters. The lowest BCUT2D eigenvalue weighted by Gasteiger charge is -2.42. The molecule has 0 saturated carbocycles. The van der Waals surface area contributed by atoms with Crippen LogP contribution in [0.15, 0.2) is 53.8 Å². The molecule has 0 spiro atoms. The second-order valence-corrected chi connectivity index (χ2v) is 9.90. The van der Waals surface area contributed by atoms with Crippen LogP contribution in [0, 0.1) is 0 Å². The van der Waals surface area contributed by atoms with Gasteiger partial charge in [0.15, 0.2) is 0 Å². The van der Waals surface area contributed by atoms with E-state index in [1.807, 2.05) is 53.0 Å². The van der Waals surface area contributed by atoms with Crippen molar-refractivity contribution in [2.75, 3.05) is 20.1 Å². The number of hydrogen-bond donors (Lipinski definition) is 2. The van der Waals surface area contributed by atoms with Crippen LogP contribution in [-0.4, -0.2) is 29.7 Å². The van der Waals surface area contributed by atoms with Crippen LogP contribution in [0.5, 0.6) is 5.75 Å². The molecule has 0 radical (unpaired) electrons. The van der Waals surface area contributed by atoms with E-state index in [-0.39, 0.29) is 11.8 Å². The van der Waals surface area contributed by atoms with Gasteiger partial charge in [0, 0.05) is 12.1 Å². The summed E-state index contributed by atoms with van der Waals surface area (Å²) in [4.78, 5) is 0. The van der Waals surface area contributed by atoms with E-state index in [1.165, 1.54) is 51.0 Å². The molecule has 3 N–H and O–H groups in total. The predicted octanol–water partition coefficient (Wildman–Crippen LogP) is 9.45. The molecule has 0 amide bonds. The molecule has 3 nitrogen and oxygen atoms in total. The Balaban J connectivity index is 0.000000997. The van der Waals surface area contributed by atoms with Gasteiger partial charge >= 0.3 is 6.18 Å². The summed E-state index contributed by atoms with van der Waals surface area (Å²) in [5, 5.41) is 10.4. The first-order valence-corrected chi connectivity index (χ1v) is 14.0. The molecule has 0 bridgehead atoms. The Hall–Kier alpha value is -2.21. The zero-order chi connectivity index (χ0) is 28.5. The maximum Gasteiger partial charge on any atom is 0.416 e. The first-order chi connectivity index (χ1) is 17.5. The van der Waals surface area contributed by atoms with E-state index in [4.69, 9.17) is 5.73 Å². The fraction of sp³-hybridized carbons (Fsp3) is 0.613. The highest BCUT2D eigenvalue weighted by molar-refractivity contribution is 5.42. The van der Waals surface area contributed by atoms with E-state index in [1.54, 1.807) is 0 Å². The van der Waals surface area contributed by atoms with Gasteiger partial charge < -0.3 is 15.3 Å². The number of phenols is 1. The molecule has 2 rings (SSSR count). The van der Waals surface area contributed by atoms with E-state index in [0.717, 1.165) is 30.7 Å². The summed E-state index contributed by atoms with van der Waals surface area (Å²) in [6, 6.07) is 2.97. The molecule has 0 aromatic heterocycles. The van der Waals surface area contributed by atoms with Crippen molar-refractivity contribution in [3.05, 3.63) is 64.9 Å². The second-order valence-electron chi connectivity index (χ2n) is 9.90. The number of quaternary nitrogens is 1. The monoisotopic (exact) mass is 525 g/mol. The number of unbranched alkanes of at least 4 members (excludes halogenated alkanes) is 6. The van der Waals surface area contributed by atoms with E-state index in [9.17, 15) is 18.3 Å². The zero-order valence-corrected chi connectivity index (χ0v) is 24.3. The number of likely N-dealkylation sites (N-methyl/N-ethyl adjacent to an activating group) is 1. The number of nitrogens with zero attached hydrogens (tertiary/aromatic N) is 1. The number of rotatable bonds is 9. The molecule has 6 heteroatoms. The van der Waals surface area contributed by atoms with Crippen molar-refractivity contribution in [2.24, 2.45) is 5.73 Å². The van der Waals surface area contributed by atoms with Crippen LogP contribution in [-0.2, 0) is 6.18 Å². The molecule has 1 heterocycles. The van der Waals surface area contributed by atoms with Crippen LogP contribution in [0.2, 0.25) is 0 Å². The van der Waals surface area contributed by atoms with Crippen molar-refractivity contribution in [3.8, 4) is 5.75 Å². The van der Waals surface area contributed by atoms with Crippen LogP contribution in [0.1, 0.15) is 110 Å². The minimum atomic E-state index is -4.48. The molecule has 0 aliphatic carbocycles. The lowest BCUT2D eigenvalue weighted by molar-refractivity contribution is -0.928. The van der Waals surface area contributed by atoms with Crippen LogP contribution in [0.4, 0.5) is 13.2 Å². The largest absolute Gasteiger partial charge is 0.507 e. The Morgan fingerprint density at radius 2 is 1.65 bits per heavy atom. The van der Waals surface area contributed by atoms with Crippen molar-refractivity contribution in [2.45, 2.75) is 105 Å². The van der Waals surface area contributed by atoms with Gasteiger partial charge in [-0.1, -0.05) is 90.9 Å². The van der Waals surface area contributed by atoms with Gasteiger partial charge in [-0.25, -0.2) is 0 Å². The van der Waals surface area contributed by atoms with Crippen molar-refractivity contribution in [3.63, 3.8) is 0 Å². The molecule has 37 heavy (non-hydrogen) atoms. The SMILES string of the molecule is C/C(N)=C\C[N+]1(C)CC/C=C\C=C(/C)C1c1ccc(C(F)(F)F)cc1O.CC.CCCCCCCCC. The van der Waals surface area contributed by atoms with Crippen molar-refractivity contribution in [1.29, 1.82) is 0 Å². The van der Waals surface area contributed by atoms with E-state index in [0.29, 0.717) is 22.3 Å². The van der Waals surface area contributed by atoms with Gasteiger partial charge in [0.25, 0.3) is 0 Å². The molecule has 0 saturated heterocycles. The summed E-state index contributed by atoms with van der Waals surface area (Å²) in [6.07, 6.45) is 14.2. The van der Waals surface area contributed by atoms with E-state index < -0.39 is 11.7 Å². The van der Waals surface area contributed by atoms with Crippen molar-refractivity contribution in [1.82, 2.24) is 0 Å². The number of benzene rings is 1. The first-order valence-electron chi connectivity index (χ1n) is 14.0. The molecule has 1 aromatic carbocycles. The summed E-state index contributed by atoms with van der Waals surface area (Å²) in [5.41, 5.74) is 7.11. The molecule has 0 fully saturated rings. The maximum atomic E-state index is 12.9. The number of halogens is 3. The summed E-state index contributed by atoms with van der Waals surface area (Å²) in [6.45, 7) is 13.7. The lowest BCUT2D eigenvalue weighted by Crippen LogP contribution is -2.48. The molecule has 1 aliphatic rings. The standard InChI is InChI=1S/C20H25F3N2O.C9H20.C2H6/c1-14-7-5-4-6-11-25(3,12-10-15(2)24)19(14)17-9-8-16(13-18(17)26)20(21,22)23;1-3-5-7-9-8-6-4-2;1-2/h4-5,7-10,13,19H,6,11-12,24H2,1-3H3;3-9H2,1-2H3;1-2H3/p+1/b5-4-,14-7+,15-10+;;. The molecular weight excluding hydrogens is 473 g/mol. The normalized spacial score (nSPS) is 22.3. The Bertz CT molecular complexity index is 848. The van der Waals surface area contributed by atoms with Crippen LogP contribution in [0.25, 0.3) is 0 Å². The van der Waals surface area contributed by atoms with Gasteiger partial charge in [-0.15, -0.1) is 0 Å². The van der Waals surface area contributed by atoms with Crippen molar-refractivity contribution >= 4 is 0 Å². The lowest BCUT2D eigenvalue weighted by atomic mass is 9.92. The van der Waals surface area contributed by atoms with Gasteiger partial charge in [0.2, 0.25) is 0 Å². The fourth-order valence-electron chi connectivity index (χ4n) is 4.51. The predicted molar refractivity (Wildman–Crippen MR) is 152 cm³/mol. The fourth-order valence-corrected chi connectivity index (χ4v) is 4.51. The Labute approximate surface area is 224 Å². The van der Waals surface area contributed by atoms with Crippen molar-refractivity contribution < 1.29 is 22.8 Å². The molecule has 1 aromatic rings. The Morgan fingerprint density at radius 3 is 2.14 bits per heavy atom. The molecule has 2 unspecified atom stereocenters.